The van der Waals surface area contributed by atoms with Gasteiger partial charge in [0.25, 0.3) is 11.5 Å². The first kappa shape index (κ1) is 24.0. The maximum absolute atomic E-state index is 12.6. The predicted octanol–water partition coefficient (Wildman–Crippen LogP) is 3.11. The van der Waals surface area contributed by atoms with Crippen LogP contribution in [0, 0.1) is 0 Å². The highest BCUT2D eigenvalue weighted by molar-refractivity contribution is 7.98. The van der Waals surface area contributed by atoms with Crippen molar-refractivity contribution in [3.05, 3.63) is 64.3 Å². The van der Waals surface area contributed by atoms with Crippen LogP contribution in [-0.2, 0) is 13.0 Å². The van der Waals surface area contributed by atoms with E-state index in [-0.39, 0.29) is 30.3 Å². The summed E-state index contributed by atoms with van der Waals surface area (Å²) >= 11 is 1.63. The van der Waals surface area contributed by atoms with E-state index in [0.29, 0.717) is 12.6 Å². The summed E-state index contributed by atoms with van der Waals surface area (Å²) in [7, 11) is 0. The molecule has 0 radical (unpaired) electrons. The number of carbonyl (C=O) groups is 1. The number of para-hydroxylation sites is 1. The smallest absolute Gasteiger partial charge is 0.271 e. The minimum Gasteiger partial charge on any atom is -0.492 e. The molecule has 180 valence electrons. The Labute approximate surface area is 202 Å². The Kier molecular flexibility index (Phi) is 8.35. The van der Waals surface area contributed by atoms with Crippen LogP contribution in [0.15, 0.2) is 52.4 Å². The second kappa shape index (κ2) is 11.8. The van der Waals surface area contributed by atoms with Gasteiger partial charge in [-0.05, 0) is 43.7 Å². The summed E-state index contributed by atoms with van der Waals surface area (Å²) in [5.74, 6) is 1.40. The van der Waals surface area contributed by atoms with Crippen LogP contribution < -0.4 is 15.6 Å². The van der Waals surface area contributed by atoms with Gasteiger partial charge in [-0.1, -0.05) is 42.8 Å². The molecule has 34 heavy (non-hydrogen) atoms. The lowest BCUT2D eigenvalue weighted by molar-refractivity contribution is 0.0945. The lowest BCUT2D eigenvalue weighted by Crippen LogP contribution is -2.31. The molecule has 1 amide bonds. The van der Waals surface area contributed by atoms with Crippen molar-refractivity contribution in [1.82, 2.24) is 29.9 Å². The number of amides is 1. The highest BCUT2D eigenvalue weighted by Gasteiger charge is 2.23. The molecule has 1 aromatic carbocycles. The molecule has 0 saturated heterocycles. The van der Waals surface area contributed by atoms with Crippen molar-refractivity contribution in [3.63, 3.8) is 0 Å². The number of aryl methyl sites for hydroxylation is 1. The van der Waals surface area contributed by atoms with Crippen LogP contribution in [0.5, 0.6) is 5.75 Å². The van der Waals surface area contributed by atoms with Gasteiger partial charge < -0.3 is 14.6 Å². The minimum absolute atomic E-state index is 0.207. The number of ether oxygens (including phenoxy) is 1. The van der Waals surface area contributed by atoms with Crippen LogP contribution in [0.3, 0.4) is 0 Å². The van der Waals surface area contributed by atoms with E-state index in [0.717, 1.165) is 29.6 Å². The van der Waals surface area contributed by atoms with E-state index in [1.54, 1.807) is 11.8 Å². The van der Waals surface area contributed by atoms with Gasteiger partial charge in [0.1, 0.15) is 23.9 Å². The molecule has 1 N–H and O–H groups in total. The van der Waals surface area contributed by atoms with Gasteiger partial charge in [-0.25, -0.2) is 4.68 Å². The summed E-state index contributed by atoms with van der Waals surface area (Å²) < 4.78 is 9.17. The molecule has 10 heteroatoms. The summed E-state index contributed by atoms with van der Waals surface area (Å²) in [5, 5.41) is 16.8. The number of thioether (sulfide) groups is 1. The molecule has 0 bridgehead atoms. The van der Waals surface area contributed by atoms with Crippen LogP contribution in [0.2, 0.25) is 0 Å². The van der Waals surface area contributed by atoms with Gasteiger partial charge >= 0.3 is 0 Å². The SMILES string of the molecule is CSc1nnc(CCCNC(=O)c2ccc(=O)n(CCOc3ccccc3)n2)n1C1CCCC1. The van der Waals surface area contributed by atoms with Crippen LogP contribution in [-0.4, -0.2) is 49.9 Å². The van der Waals surface area contributed by atoms with E-state index >= 15 is 0 Å². The number of aromatic nitrogens is 5. The van der Waals surface area contributed by atoms with Crippen LogP contribution in [0.1, 0.15) is 54.5 Å². The zero-order chi connectivity index (χ0) is 23.8. The molecule has 0 atom stereocenters. The molecule has 4 rings (SSSR count). The fourth-order valence-electron chi connectivity index (χ4n) is 4.18. The molecular formula is C24H30N6O3S. The van der Waals surface area contributed by atoms with Crippen molar-refractivity contribution in [2.75, 3.05) is 19.4 Å². The molecule has 1 aliphatic rings. The van der Waals surface area contributed by atoms with Crippen molar-refractivity contribution < 1.29 is 9.53 Å². The molecule has 9 nitrogen and oxygen atoms in total. The molecule has 2 heterocycles. The van der Waals surface area contributed by atoms with Gasteiger partial charge in [-0.2, -0.15) is 5.10 Å². The molecule has 0 unspecified atom stereocenters. The van der Waals surface area contributed by atoms with Crippen molar-refractivity contribution in [3.8, 4) is 5.75 Å². The van der Waals surface area contributed by atoms with Crippen molar-refractivity contribution in [1.29, 1.82) is 0 Å². The Bertz CT molecular complexity index is 1140. The molecule has 2 aromatic heterocycles. The first-order valence-corrected chi connectivity index (χ1v) is 12.9. The standard InChI is InChI=1S/C24H30N6O3S/c1-34-24-27-26-21(30(24)18-8-5-6-9-18)12-7-15-25-23(32)20-13-14-22(31)29(28-20)16-17-33-19-10-3-2-4-11-19/h2-4,10-11,13-14,18H,5-9,12,15-17H2,1H3,(H,25,32). The van der Waals surface area contributed by atoms with E-state index in [1.165, 1.54) is 42.5 Å². The van der Waals surface area contributed by atoms with E-state index in [1.807, 2.05) is 36.6 Å². The van der Waals surface area contributed by atoms with E-state index in [2.05, 4.69) is 25.2 Å². The van der Waals surface area contributed by atoms with Crippen molar-refractivity contribution in [2.45, 2.75) is 56.3 Å². The van der Waals surface area contributed by atoms with Crippen LogP contribution in [0.4, 0.5) is 0 Å². The molecule has 1 aliphatic carbocycles. The Morgan fingerprint density at radius 3 is 2.71 bits per heavy atom. The number of hydrogen-bond acceptors (Lipinski definition) is 7. The second-order valence-corrected chi connectivity index (χ2v) is 8.99. The maximum Gasteiger partial charge on any atom is 0.271 e. The number of hydrogen-bond donors (Lipinski definition) is 1. The molecule has 3 aromatic rings. The van der Waals surface area contributed by atoms with Crippen LogP contribution in [0.25, 0.3) is 0 Å². The number of nitrogens with one attached hydrogen (secondary N) is 1. The summed E-state index contributed by atoms with van der Waals surface area (Å²) in [6.45, 7) is 1.02. The largest absolute Gasteiger partial charge is 0.492 e. The summed E-state index contributed by atoms with van der Waals surface area (Å²) in [6, 6.07) is 12.7. The van der Waals surface area contributed by atoms with E-state index in [9.17, 15) is 9.59 Å². The monoisotopic (exact) mass is 482 g/mol. The fraction of sp³-hybridized carbons (Fsp3) is 0.458. The maximum atomic E-state index is 12.6. The van der Waals surface area contributed by atoms with Crippen LogP contribution >= 0.6 is 11.8 Å². The lowest BCUT2D eigenvalue weighted by Gasteiger charge is -2.16. The summed E-state index contributed by atoms with van der Waals surface area (Å²) in [5.41, 5.74) is -0.0674. The van der Waals surface area contributed by atoms with Crippen molar-refractivity contribution in [2.24, 2.45) is 0 Å². The number of rotatable bonds is 11. The predicted molar refractivity (Wildman–Crippen MR) is 130 cm³/mol. The molecule has 0 aliphatic heterocycles. The molecule has 1 fully saturated rings. The van der Waals surface area contributed by atoms with Gasteiger partial charge in [0.2, 0.25) is 0 Å². The normalized spacial score (nSPS) is 13.8. The highest BCUT2D eigenvalue weighted by Crippen LogP contribution is 2.33. The first-order chi connectivity index (χ1) is 16.7. The first-order valence-electron chi connectivity index (χ1n) is 11.7. The Morgan fingerprint density at radius 2 is 1.94 bits per heavy atom. The summed E-state index contributed by atoms with van der Waals surface area (Å²) in [6.07, 6.45) is 8.36. The number of carbonyl (C=O) groups excluding carboxylic acids is 1. The Hall–Kier alpha value is -3.14. The average molecular weight is 483 g/mol. The summed E-state index contributed by atoms with van der Waals surface area (Å²) in [4.78, 5) is 24.7. The molecular weight excluding hydrogens is 452 g/mol. The quantitative estimate of drug-likeness (QED) is 0.331. The third-order valence-electron chi connectivity index (χ3n) is 5.88. The number of benzene rings is 1. The van der Waals surface area contributed by atoms with Gasteiger partial charge in [-0.15, -0.1) is 10.2 Å². The fourth-order valence-corrected chi connectivity index (χ4v) is 4.76. The number of nitrogens with zero attached hydrogens (tertiary/aromatic N) is 5. The van der Waals surface area contributed by atoms with Gasteiger partial charge in [0.15, 0.2) is 5.16 Å². The van der Waals surface area contributed by atoms with Gasteiger partial charge in [0.05, 0.1) is 6.54 Å². The Morgan fingerprint density at radius 1 is 1.15 bits per heavy atom. The third-order valence-corrected chi connectivity index (χ3v) is 6.53. The Balaban J connectivity index is 1.28. The lowest BCUT2D eigenvalue weighted by atomic mass is 10.2. The zero-order valence-corrected chi connectivity index (χ0v) is 20.2. The highest BCUT2D eigenvalue weighted by atomic mass is 32.2. The topological polar surface area (TPSA) is 104 Å². The van der Waals surface area contributed by atoms with E-state index in [4.69, 9.17) is 4.74 Å². The zero-order valence-electron chi connectivity index (χ0n) is 19.4. The molecule has 1 saturated carbocycles. The van der Waals surface area contributed by atoms with E-state index < -0.39 is 0 Å². The molecule has 0 spiro atoms. The van der Waals surface area contributed by atoms with Gasteiger partial charge in [-0.3, -0.25) is 9.59 Å². The minimum atomic E-state index is -0.306. The third kappa shape index (κ3) is 6.05. The second-order valence-electron chi connectivity index (χ2n) is 8.21. The van der Waals surface area contributed by atoms with Crippen molar-refractivity contribution >= 4 is 17.7 Å². The average Bonchev–Trinajstić information content (AvgIpc) is 3.53. The van der Waals surface area contributed by atoms with Gasteiger partial charge in [0, 0.05) is 25.1 Å².